The third-order valence-corrected chi connectivity index (χ3v) is 7.31. The van der Waals surface area contributed by atoms with Crippen molar-refractivity contribution in [3.05, 3.63) is 21.9 Å². The van der Waals surface area contributed by atoms with E-state index in [1.54, 1.807) is 0 Å². The van der Waals surface area contributed by atoms with Crippen molar-refractivity contribution in [3.8, 4) is 0 Å². The first-order chi connectivity index (χ1) is 11.1. The predicted molar refractivity (Wildman–Crippen MR) is 105 cm³/mol. The molecule has 3 heterocycles. The van der Waals surface area contributed by atoms with Crippen LogP contribution in [0, 0.1) is 11.8 Å². The summed E-state index contributed by atoms with van der Waals surface area (Å²) in [5.41, 5.74) is 5.23. The minimum atomic E-state index is -0.337. The molecule has 142 valence electrons. The number of ether oxygens (including phenoxy) is 1. The Bertz CT molecular complexity index is 594. The molecule has 0 aromatic carbocycles. The van der Waals surface area contributed by atoms with Crippen molar-refractivity contribution in [2.24, 2.45) is 17.6 Å². The number of rotatable bonds is 4. The van der Waals surface area contributed by atoms with Crippen molar-refractivity contribution in [2.75, 3.05) is 33.3 Å². The number of primary amides is 1. The molecule has 2 bridgehead atoms. The zero-order valence-corrected chi connectivity index (χ0v) is 16.9. The summed E-state index contributed by atoms with van der Waals surface area (Å²) in [4.78, 5) is 16.0. The minimum Gasteiger partial charge on any atom is -0.372 e. The summed E-state index contributed by atoms with van der Waals surface area (Å²) in [7, 11) is 1.84. The Morgan fingerprint density at radius 1 is 1.28 bits per heavy atom. The van der Waals surface area contributed by atoms with Gasteiger partial charge in [0.15, 0.2) is 0 Å². The molecule has 1 aromatic rings. The molecule has 1 aromatic heterocycles. The number of likely N-dealkylation sites (tertiary alicyclic amines) is 1. The molecule has 8 heteroatoms. The van der Waals surface area contributed by atoms with Gasteiger partial charge >= 0.3 is 0 Å². The summed E-state index contributed by atoms with van der Waals surface area (Å²) < 4.78 is 6.22. The normalized spacial score (nSPS) is 32.2. The second kappa shape index (κ2) is 8.11. The largest absolute Gasteiger partial charge is 0.372 e. The molecule has 3 fully saturated rings. The number of nitrogens with one attached hydrogen (secondary N) is 1. The summed E-state index contributed by atoms with van der Waals surface area (Å²) in [5, 5.41) is 3.38. The molecule has 1 aliphatic carbocycles. The highest BCUT2D eigenvalue weighted by molar-refractivity contribution is 7.14. The molecule has 3 aliphatic rings. The van der Waals surface area contributed by atoms with Gasteiger partial charge in [0.25, 0.3) is 5.91 Å². The SMILES string of the molecule is CO[C@]1(c2ccc(C(N)=O)s2)[C@@H]2CCC[C@H]1CN(C1CNC1)C2.Cl.Cl. The second-order valence-corrected chi connectivity index (χ2v) is 8.20. The van der Waals surface area contributed by atoms with Crippen molar-refractivity contribution in [2.45, 2.75) is 30.9 Å². The minimum absolute atomic E-state index is 0. The van der Waals surface area contributed by atoms with Gasteiger partial charge < -0.3 is 15.8 Å². The van der Waals surface area contributed by atoms with Gasteiger partial charge in [0, 0.05) is 56.0 Å². The summed E-state index contributed by atoms with van der Waals surface area (Å²) >= 11 is 1.53. The fraction of sp³-hybridized carbons (Fsp3) is 0.706. The number of amides is 1. The van der Waals surface area contributed by atoms with Crippen LogP contribution in [-0.2, 0) is 10.3 Å². The van der Waals surface area contributed by atoms with Crippen LogP contribution in [0.15, 0.2) is 12.1 Å². The Morgan fingerprint density at radius 3 is 2.36 bits per heavy atom. The van der Waals surface area contributed by atoms with Gasteiger partial charge in [-0.3, -0.25) is 9.69 Å². The van der Waals surface area contributed by atoms with E-state index in [2.05, 4.69) is 16.3 Å². The predicted octanol–water partition coefficient (Wildman–Crippen LogP) is 2.24. The zero-order chi connectivity index (χ0) is 16.0. The monoisotopic (exact) mass is 407 g/mol. The molecule has 2 saturated heterocycles. The van der Waals surface area contributed by atoms with Gasteiger partial charge in [0.1, 0.15) is 5.60 Å². The number of fused-ring (bicyclic) bond motifs is 2. The van der Waals surface area contributed by atoms with Crippen LogP contribution in [0.5, 0.6) is 0 Å². The first-order valence-corrected chi connectivity index (χ1v) is 9.37. The highest BCUT2D eigenvalue weighted by atomic mass is 35.5. The van der Waals surface area contributed by atoms with Gasteiger partial charge in [-0.1, -0.05) is 6.42 Å². The van der Waals surface area contributed by atoms with E-state index in [4.69, 9.17) is 10.5 Å². The molecule has 0 unspecified atom stereocenters. The van der Waals surface area contributed by atoms with Gasteiger partial charge in [0.05, 0.1) is 4.88 Å². The van der Waals surface area contributed by atoms with Crippen LogP contribution in [-0.4, -0.2) is 50.1 Å². The van der Waals surface area contributed by atoms with E-state index in [1.165, 1.54) is 35.5 Å². The van der Waals surface area contributed by atoms with Crippen LogP contribution in [0.1, 0.15) is 33.8 Å². The van der Waals surface area contributed by atoms with E-state index in [9.17, 15) is 4.79 Å². The Hall–Kier alpha value is -0.370. The van der Waals surface area contributed by atoms with Crippen LogP contribution in [0.4, 0.5) is 0 Å². The molecular formula is C17H27Cl2N3O2S. The number of carbonyl (C=O) groups is 1. The van der Waals surface area contributed by atoms with Crippen LogP contribution in [0.3, 0.4) is 0 Å². The number of carbonyl (C=O) groups excluding carboxylic acids is 1. The van der Waals surface area contributed by atoms with E-state index in [0.29, 0.717) is 22.8 Å². The van der Waals surface area contributed by atoms with Gasteiger partial charge in [-0.25, -0.2) is 0 Å². The second-order valence-electron chi connectivity index (χ2n) is 7.12. The zero-order valence-electron chi connectivity index (χ0n) is 14.4. The van der Waals surface area contributed by atoms with Gasteiger partial charge in [-0.2, -0.15) is 0 Å². The third kappa shape index (κ3) is 3.33. The van der Waals surface area contributed by atoms with E-state index in [0.717, 1.165) is 26.2 Å². The average molecular weight is 408 g/mol. The highest BCUT2D eigenvalue weighted by Gasteiger charge is 2.54. The Kier molecular flexibility index (Phi) is 6.79. The first-order valence-electron chi connectivity index (χ1n) is 8.55. The topological polar surface area (TPSA) is 67.6 Å². The van der Waals surface area contributed by atoms with Crippen molar-refractivity contribution in [3.63, 3.8) is 0 Å². The van der Waals surface area contributed by atoms with Crippen LogP contribution in [0.25, 0.3) is 0 Å². The molecule has 1 saturated carbocycles. The third-order valence-electron chi connectivity index (χ3n) is 6.08. The van der Waals surface area contributed by atoms with E-state index >= 15 is 0 Å². The molecule has 25 heavy (non-hydrogen) atoms. The van der Waals surface area contributed by atoms with Crippen LogP contribution >= 0.6 is 36.2 Å². The van der Waals surface area contributed by atoms with Crippen molar-refractivity contribution in [1.82, 2.24) is 10.2 Å². The first kappa shape index (κ1) is 20.9. The molecule has 3 atom stereocenters. The average Bonchev–Trinajstić information content (AvgIpc) is 2.95. The number of nitrogens with zero attached hydrogens (tertiary/aromatic N) is 1. The summed E-state index contributed by atoms with van der Waals surface area (Å²) in [6.45, 7) is 4.43. The Labute approximate surface area is 165 Å². The Morgan fingerprint density at radius 2 is 1.92 bits per heavy atom. The lowest BCUT2D eigenvalue weighted by Gasteiger charge is -2.57. The number of methoxy groups -OCH3 is 1. The molecule has 2 aliphatic heterocycles. The molecule has 3 N–H and O–H groups in total. The summed E-state index contributed by atoms with van der Waals surface area (Å²) in [5.74, 6) is 0.663. The van der Waals surface area contributed by atoms with Crippen molar-refractivity contribution < 1.29 is 9.53 Å². The number of nitrogens with two attached hydrogens (primary N) is 1. The number of hydrogen-bond acceptors (Lipinski definition) is 5. The fourth-order valence-electron chi connectivity index (χ4n) is 4.81. The lowest BCUT2D eigenvalue weighted by atomic mass is 9.64. The summed E-state index contributed by atoms with van der Waals surface area (Å²) in [6.07, 6.45) is 3.68. The highest BCUT2D eigenvalue weighted by Crippen LogP contribution is 2.53. The van der Waals surface area contributed by atoms with Gasteiger partial charge in [-0.15, -0.1) is 36.2 Å². The number of halogens is 2. The number of piperidine rings is 1. The molecule has 4 rings (SSSR count). The standard InChI is InChI=1S/C17H25N3O2S.2ClH/c1-22-17(15-6-5-14(23-15)16(18)21)11-3-2-4-12(17)10-20(9-11)13-7-19-8-13;;/h5-6,11-13,19H,2-4,7-10H2,1H3,(H2,18,21);2*1H/t11-,12+,17-;;. The maximum atomic E-state index is 11.5. The van der Waals surface area contributed by atoms with Crippen LogP contribution < -0.4 is 11.1 Å². The Balaban J connectivity index is 0.00000113. The van der Waals surface area contributed by atoms with Gasteiger partial charge in [-0.05, 0) is 25.0 Å². The van der Waals surface area contributed by atoms with E-state index < -0.39 is 0 Å². The van der Waals surface area contributed by atoms with Crippen LogP contribution in [0.2, 0.25) is 0 Å². The molecule has 0 radical (unpaired) electrons. The smallest absolute Gasteiger partial charge is 0.258 e. The number of thiophene rings is 1. The van der Waals surface area contributed by atoms with Crippen molar-refractivity contribution >= 4 is 42.1 Å². The maximum Gasteiger partial charge on any atom is 0.258 e. The molecular weight excluding hydrogens is 381 g/mol. The van der Waals surface area contributed by atoms with E-state index in [1.807, 2.05) is 13.2 Å². The quantitative estimate of drug-likeness (QED) is 0.802. The van der Waals surface area contributed by atoms with E-state index in [-0.39, 0.29) is 36.3 Å². The number of hydrogen-bond donors (Lipinski definition) is 2. The molecule has 5 nitrogen and oxygen atoms in total. The summed E-state index contributed by atoms with van der Waals surface area (Å²) in [6, 6.07) is 4.62. The maximum absolute atomic E-state index is 11.5. The lowest BCUT2D eigenvalue weighted by molar-refractivity contribution is -0.174. The molecule has 0 spiro atoms. The van der Waals surface area contributed by atoms with Crippen molar-refractivity contribution in [1.29, 1.82) is 0 Å². The fourth-order valence-corrected chi connectivity index (χ4v) is 6.00. The lowest BCUT2D eigenvalue weighted by Crippen LogP contribution is -2.66. The van der Waals surface area contributed by atoms with Gasteiger partial charge in [0.2, 0.25) is 0 Å². The molecule has 1 amide bonds.